The lowest BCUT2D eigenvalue weighted by Crippen LogP contribution is -2.00. The molecule has 0 unspecified atom stereocenters. The molecule has 3 aromatic rings. The molecule has 0 aliphatic heterocycles. The molecule has 1 saturated carbocycles. The average molecular weight is 317 g/mol. The van der Waals surface area contributed by atoms with Crippen LogP contribution in [0.3, 0.4) is 0 Å². The van der Waals surface area contributed by atoms with E-state index in [-0.39, 0.29) is 0 Å². The van der Waals surface area contributed by atoms with Crippen molar-refractivity contribution in [1.29, 1.82) is 0 Å². The number of halogens is 1. The lowest BCUT2D eigenvalue weighted by atomic mass is 9.99. The van der Waals surface area contributed by atoms with Crippen molar-refractivity contribution in [2.75, 3.05) is 5.73 Å². The molecule has 1 aliphatic carbocycles. The van der Waals surface area contributed by atoms with Gasteiger partial charge in [-0.3, -0.25) is 0 Å². The maximum absolute atomic E-state index is 6.16. The van der Waals surface area contributed by atoms with E-state index in [9.17, 15) is 0 Å². The fourth-order valence-corrected chi connectivity index (χ4v) is 3.64. The minimum Gasteiger partial charge on any atom is -0.375 e. The number of nitrogen functional groups attached to an aromatic ring is 1. The second-order valence-corrected chi connectivity index (χ2v) is 6.78. The molecule has 2 N–H and O–H groups in total. The first kappa shape index (κ1) is 13.0. The van der Waals surface area contributed by atoms with E-state index in [1.54, 1.807) is 0 Å². The molecule has 2 heterocycles. The fraction of sp³-hybridized carbons (Fsp3) is 0.267. The van der Waals surface area contributed by atoms with Crippen LogP contribution in [0.1, 0.15) is 29.9 Å². The smallest absolute Gasteiger partial charge is 0.181 e. The van der Waals surface area contributed by atoms with Gasteiger partial charge in [-0.25, -0.2) is 4.98 Å². The predicted octanol–water partition coefficient (Wildman–Crippen LogP) is 4.17. The predicted molar refractivity (Wildman–Crippen MR) is 86.8 cm³/mol. The van der Waals surface area contributed by atoms with Gasteiger partial charge in [0.05, 0.1) is 15.9 Å². The minimum absolute atomic E-state index is 0.491. The summed E-state index contributed by atoms with van der Waals surface area (Å²) >= 11 is 7.65. The normalized spacial score (nSPS) is 14.8. The van der Waals surface area contributed by atoms with Crippen LogP contribution in [-0.2, 0) is 0 Å². The first-order chi connectivity index (χ1) is 10.1. The Balaban J connectivity index is 2.03. The van der Waals surface area contributed by atoms with Crippen molar-refractivity contribution in [2.45, 2.75) is 25.7 Å². The van der Waals surface area contributed by atoms with Gasteiger partial charge in [0.15, 0.2) is 10.3 Å². The van der Waals surface area contributed by atoms with E-state index in [4.69, 9.17) is 17.3 Å². The second-order valence-electron chi connectivity index (χ2n) is 5.36. The number of nitrogens with zero attached hydrogens (tertiary/aromatic N) is 3. The molecule has 0 saturated heterocycles. The highest BCUT2D eigenvalue weighted by Crippen LogP contribution is 2.47. The van der Waals surface area contributed by atoms with E-state index in [1.807, 2.05) is 25.1 Å². The van der Waals surface area contributed by atoms with Crippen molar-refractivity contribution >= 4 is 38.3 Å². The highest BCUT2D eigenvalue weighted by atomic mass is 35.5. The number of rotatable bonds is 2. The summed E-state index contributed by atoms with van der Waals surface area (Å²) in [6.45, 7) is 2.02. The van der Waals surface area contributed by atoms with Crippen molar-refractivity contribution in [3.63, 3.8) is 0 Å². The molecular weight excluding hydrogens is 304 g/mol. The standard InChI is InChI=1S/C15H13ClN4S/c1-7-11(8-5-6-8)13(19-20-14(7)16)9-3-2-4-10-12(9)18-15(17)21-10/h2-4,8H,5-6H2,1H3,(H2,17,18). The van der Waals surface area contributed by atoms with Crippen LogP contribution in [0.4, 0.5) is 5.13 Å². The van der Waals surface area contributed by atoms with E-state index in [0.717, 1.165) is 27.0 Å². The van der Waals surface area contributed by atoms with Gasteiger partial charge >= 0.3 is 0 Å². The van der Waals surface area contributed by atoms with Gasteiger partial charge in [-0.1, -0.05) is 35.1 Å². The van der Waals surface area contributed by atoms with E-state index in [0.29, 0.717) is 16.2 Å². The zero-order chi connectivity index (χ0) is 14.6. The summed E-state index contributed by atoms with van der Waals surface area (Å²) in [6.07, 6.45) is 2.37. The molecule has 1 aromatic carbocycles. The molecule has 21 heavy (non-hydrogen) atoms. The number of hydrogen-bond acceptors (Lipinski definition) is 5. The SMILES string of the molecule is Cc1c(Cl)nnc(-c2cccc3sc(N)nc23)c1C1CC1. The molecule has 4 nitrogen and oxygen atoms in total. The number of benzene rings is 1. The highest BCUT2D eigenvalue weighted by Gasteiger charge is 2.31. The number of fused-ring (bicyclic) bond motifs is 1. The molecule has 1 fully saturated rings. The molecule has 0 amide bonds. The van der Waals surface area contributed by atoms with Crippen LogP contribution >= 0.6 is 22.9 Å². The number of aromatic nitrogens is 3. The number of hydrogen-bond donors (Lipinski definition) is 1. The second kappa shape index (κ2) is 4.64. The Morgan fingerprint density at radius 2 is 2.10 bits per heavy atom. The molecular formula is C15H13ClN4S. The van der Waals surface area contributed by atoms with Gasteiger partial charge in [0.1, 0.15) is 0 Å². The summed E-state index contributed by atoms with van der Waals surface area (Å²) in [5.41, 5.74) is 10.9. The van der Waals surface area contributed by atoms with Crippen LogP contribution < -0.4 is 5.73 Å². The van der Waals surface area contributed by atoms with Crippen LogP contribution in [0, 0.1) is 6.92 Å². The molecule has 0 atom stereocenters. The van der Waals surface area contributed by atoms with E-state index in [2.05, 4.69) is 15.2 Å². The Morgan fingerprint density at radius 3 is 2.86 bits per heavy atom. The maximum atomic E-state index is 6.16. The van der Waals surface area contributed by atoms with Gasteiger partial charge in [0.25, 0.3) is 0 Å². The first-order valence-corrected chi connectivity index (χ1v) is 8.02. The van der Waals surface area contributed by atoms with Gasteiger partial charge in [0, 0.05) is 5.56 Å². The first-order valence-electron chi connectivity index (χ1n) is 6.83. The topological polar surface area (TPSA) is 64.7 Å². The Morgan fingerprint density at radius 1 is 1.29 bits per heavy atom. The molecule has 0 spiro atoms. The van der Waals surface area contributed by atoms with Crippen LogP contribution in [0.25, 0.3) is 21.5 Å². The van der Waals surface area contributed by atoms with Gasteiger partial charge in [0.2, 0.25) is 0 Å². The maximum Gasteiger partial charge on any atom is 0.181 e. The van der Waals surface area contributed by atoms with Crippen molar-refractivity contribution in [3.8, 4) is 11.3 Å². The molecule has 0 radical (unpaired) electrons. The summed E-state index contributed by atoms with van der Waals surface area (Å²) < 4.78 is 1.07. The molecule has 2 aromatic heterocycles. The Labute approximate surface area is 131 Å². The zero-order valence-electron chi connectivity index (χ0n) is 11.4. The van der Waals surface area contributed by atoms with E-state index >= 15 is 0 Å². The average Bonchev–Trinajstić information content (AvgIpc) is 3.21. The number of anilines is 1. The van der Waals surface area contributed by atoms with Crippen LogP contribution in [0.2, 0.25) is 5.15 Å². The monoisotopic (exact) mass is 316 g/mol. The number of thiazole rings is 1. The largest absolute Gasteiger partial charge is 0.375 e. The Hall–Kier alpha value is -1.72. The van der Waals surface area contributed by atoms with Crippen molar-refractivity contribution in [1.82, 2.24) is 15.2 Å². The molecule has 1 aliphatic rings. The van der Waals surface area contributed by atoms with Gasteiger partial charge in [-0.2, -0.15) is 0 Å². The summed E-state index contributed by atoms with van der Waals surface area (Å²) in [7, 11) is 0. The zero-order valence-corrected chi connectivity index (χ0v) is 13.0. The van der Waals surface area contributed by atoms with Crippen molar-refractivity contribution in [2.24, 2.45) is 0 Å². The molecule has 6 heteroatoms. The van der Waals surface area contributed by atoms with E-state index in [1.165, 1.54) is 29.7 Å². The summed E-state index contributed by atoms with van der Waals surface area (Å²) in [6, 6.07) is 6.07. The Bertz CT molecular complexity index is 854. The quantitative estimate of drug-likeness (QED) is 0.770. The minimum atomic E-state index is 0.491. The summed E-state index contributed by atoms with van der Waals surface area (Å²) in [4.78, 5) is 4.46. The third-order valence-corrected chi connectivity index (χ3v) is 5.09. The van der Waals surface area contributed by atoms with Crippen LogP contribution in [0.15, 0.2) is 18.2 Å². The Kier molecular flexibility index (Phi) is 2.87. The van der Waals surface area contributed by atoms with Crippen molar-refractivity contribution < 1.29 is 0 Å². The third kappa shape index (κ3) is 2.08. The van der Waals surface area contributed by atoms with Gasteiger partial charge in [-0.15, -0.1) is 10.2 Å². The van der Waals surface area contributed by atoms with E-state index < -0.39 is 0 Å². The third-order valence-electron chi connectivity index (χ3n) is 3.88. The molecule has 0 bridgehead atoms. The van der Waals surface area contributed by atoms with Gasteiger partial charge in [-0.05, 0) is 42.9 Å². The lowest BCUT2D eigenvalue weighted by molar-refractivity contribution is 0.965. The van der Waals surface area contributed by atoms with Gasteiger partial charge < -0.3 is 5.73 Å². The number of nitrogens with two attached hydrogens (primary N) is 1. The lowest BCUT2D eigenvalue weighted by Gasteiger charge is -2.11. The molecule has 4 rings (SSSR count). The molecule has 106 valence electrons. The van der Waals surface area contributed by atoms with Crippen LogP contribution in [0.5, 0.6) is 0 Å². The number of para-hydroxylation sites is 1. The highest BCUT2D eigenvalue weighted by molar-refractivity contribution is 7.22. The van der Waals surface area contributed by atoms with Crippen molar-refractivity contribution in [3.05, 3.63) is 34.5 Å². The fourth-order valence-electron chi connectivity index (χ4n) is 2.74. The van der Waals surface area contributed by atoms with Crippen LogP contribution in [-0.4, -0.2) is 15.2 Å². The summed E-state index contributed by atoms with van der Waals surface area (Å²) in [5.74, 6) is 0.541. The summed E-state index contributed by atoms with van der Waals surface area (Å²) in [5, 5.41) is 9.54.